The van der Waals surface area contributed by atoms with E-state index in [9.17, 15) is 4.39 Å². The lowest BCUT2D eigenvalue weighted by Crippen LogP contribution is -2.11. The van der Waals surface area contributed by atoms with Crippen LogP contribution < -0.4 is 11.3 Å². The molecule has 4 heteroatoms. The molecule has 1 aromatic heterocycles. The highest BCUT2D eigenvalue weighted by molar-refractivity contribution is 5.82. The van der Waals surface area contributed by atoms with Crippen LogP contribution in [-0.4, -0.2) is 4.98 Å². The number of aryl methyl sites for hydroxylation is 1. The van der Waals surface area contributed by atoms with Crippen molar-refractivity contribution in [2.75, 3.05) is 5.43 Å². The zero-order chi connectivity index (χ0) is 11.5. The summed E-state index contributed by atoms with van der Waals surface area (Å²) in [6.45, 7) is 2.08. The monoisotopic (exact) mass is 219 g/mol. The molecule has 3 N–H and O–H groups in total. The first kappa shape index (κ1) is 10.8. The van der Waals surface area contributed by atoms with Crippen molar-refractivity contribution >= 4 is 16.7 Å². The van der Waals surface area contributed by atoms with Gasteiger partial charge in [0.15, 0.2) is 0 Å². The van der Waals surface area contributed by atoms with Crippen molar-refractivity contribution in [3.05, 3.63) is 35.6 Å². The number of aromatic nitrogens is 1. The molecule has 0 aliphatic carbocycles. The molecule has 84 valence electrons. The molecule has 0 aliphatic heterocycles. The van der Waals surface area contributed by atoms with E-state index in [2.05, 4.69) is 17.3 Å². The first-order chi connectivity index (χ1) is 7.76. The molecule has 16 heavy (non-hydrogen) atoms. The summed E-state index contributed by atoms with van der Waals surface area (Å²) in [6, 6.07) is 6.87. The highest BCUT2D eigenvalue weighted by atomic mass is 19.1. The third-order valence-corrected chi connectivity index (χ3v) is 2.53. The molecule has 3 nitrogen and oxygen atoms in total. The highest BCUT2D eigenvalue weighted by Crippen LogP contribution is 2.22. The number of hydrogen-bond acceptors (Lipinski definition) is 3. The third-order valence-electron chi connectivity index (χ3n) is 2.53. The Kier molecular flexibility index (Phi) is 3.01. The lowest BCUT2D eigenvalue weighted by atomic mass is 10.1. The van der Waals surface area contributed by atoms with E-state index in [0.717, 1.165) is 23.8 Å². The number of pyridine rings is 1. The Morgan fingerprint density at radius 1 is 1.44 bits per heavy atom. The van der Waals surface area contributed by atoms with E-state index in [1.807, 2.05) is 12.1 Å². The number of anilines is 1. The topological polar surface area (TPSA) is 50.9 Å². The minimum atomic E-state index is -0.322. The van der Waals surface area contributed by atoms with Gasteiger partial charge in [0.25, 0.3) is 0 Å². The first-order valence-corrected chi connectivity index (χ1v) is 5.31. The van der Waals surface area contributed by atoms with Crippen LogP contribution in [0.5, 0.6) is 0 Å². The SMILES string of the molecule is CCCc1cc2cccc(F)c2nc1NN. The number of fused-ring (bicyclic) bond motifs is 1. The smallest absolute Gasteiger partial charge is 0.149 e. The molecule has 0 radical (unpaired) electrons. The standard InChI is InChI=1S/C12H14FN3/c1-2-4-9-7-8-5-3-6-10(13)11(8)15-12(9)16-14/h3,5-7H,2,4,14H2,1H3,(H,15,16). The van der Waals surface area contributed by atoms with E-state index in [1.54, 1.807) is 6.07 Å². The fraction of sp³-hybridized carbons (Fsp3) is 0.250. The average molecular weight is 219 g/mol. The summed E-state index contributed by atoms with van der Waals surface area (Å²) in [4.78, 5) is 4.20. The molecule has 0 bridgehead atoms. The highest BCUT2D eigenvalue weighted by Gasteiger charge is 2.07. The number of nitrogen functional groups attached to an aromatic ring is 1. The van der Waals surface area contributed by atoms with Gasteiger partial charge in [0, 0.05) is 5.39 Å². The van der Waals surface area contributed by atoms with Crippen LogP contribution in [0.3, 0.4) is 0 Å². The minimum Gasteiger partial charge on any atom is -0.308 e. The maximum atomic E-state index is 13.5. The molecule has 0 fully saturated rings. The van der Waals surface area contributed by atoms with E-state index in [-0.39, 0.29) is 5.82 Å². The number of nitrogens with one attached hydrogen (secondary N) is 1. The van der Waals surface area contributed by atoms with E-state index < -0.39 is 0 Å². The summed E-state index contributed by atoms with van der Waals surface area (Å²) < 4.78 is 13.5. The summed E-state index contributed by atoms with van der Waals surface area (Å²) in [7, 11) is 0. The minimum absolute atomic E-state index is 0.322. The predicted molar refractivity (Wildman–Crippen MR) is 63.5 cm³/mol. The zero-order valence-electron chi connectivity index (χ0n) is 9.13. The average Bonchev–Trinajstić information content (AvgIpc) is 2.29. The van der Waals surface area contributed by atoms with Gasteiger partial charge in [0.1, 0.15) is 17.2 Å². The lowest BCUT2D eigenvalue weighted by molar-refractivity contribution is 0.637. The van der Waals surface area contributed by atoms with E-state index >= 15 is 0 Å². The second kappa shape index (κ2) is 4.45. The molecular weight excluding hydrogens is 205 g/mol. The van der Waals surface area contributed by atoms with Gasteiger partial charge in [0.2, 0.25) is 0 Å². The van der Waals surface area contributed by atoms with Gasteiger partial charge in [-0.15, -0.1) is 0 Å². The number of halogens is 1. The molecule has 0 atom stereocenters. The molecule has 0 amide bonds. The predicted octanol–water partition coefficient (Wildman–Crippen LogP) is 2.61. The Hall–Kier alpha value is -1.68. The lowest BCUT2D eigenvalue weighted by Gasteiger charge is -2.09. The Bertz CT molecular complexity index is 511. The van der Waals surface area contributed by atoms with Gasteiger partial charge in [-0.1, -0.05) is 25.5 Å². The van der Waals surface area contributed by atoms with E-state index in [1.165, 1.54) is 6.07 Å². The summed E-state index contributed by atoms with van der Waals surface area (Å²) >= 11 is 0. The third kappa shape index (κ3) is 1.84. The van der Waals surface area contributed by atoms with Crippen molar-refractivity contribution < 1.29 is 4.39 Å². The van der Waals surface area contributed by atoms with Crippen LogP contribution in [0, 0.1) is 5.82 Å². The van der Waals surface area contributed by atoms with Crippen LogP contribution in [0.15, 0.2) is 24.3 Å². The van der Waals surface area contributed by atoms with Gasteiger partial charge in [-0.05, 0) is 24.1 Å². The van der Waals surface area contributed by atoms with Crippen LogP contribution in [0.1, 0.15) is 18.9 Å². The summed E-state index contributed by atoms with van der Waals surface area (Å²) in [5.41, 5.74) is 3.90. The first-order valence-electron chi connectivity index (χ1n) is 5.31. The van der Waals surface area contributed by atoms with Crippen molar-refractivity contribution in [3.8, 4) is 0 Å². The van der Waals surface area contributed by atoms with Crippen LogP contribution in [0.2, 0.25) is 0 Å². The van der Waals surface area contributed by atoms with Crippen LogP contribution >= 0.6 is 0 Å². The van der Waals surface area contributed by atoms with Crippen LogP contribution in [0.25, 0.3) is 10.9 Å². The zero-order valence-corrected chi connectivity index (χ0v) is 9.13. The number of hydrazine groups is 1. The Morgan fingerprint density at radius 3 is 2.94 bits per heavy atom. The molecule has 1 aromatic carbocycles. The van der Waals surface area contributed by atoms with Crippen molar-refractivity contribution in [1.29, 1.82) is 0 Å². The van der Waals surface area contributed by atoms with Gasteiger partial charge in [-0.2, -0.15) is 0 Å². The number of para-hydroxylation sites is 1. The van der Waals surface area contributed by atoms with Gasteiger partial charge in [-0.3, -0.25) is 0 Å². The van der Waals surface area contributed by atoms with Crippen molar-refractivity contribution in [2.24, 2.45) is 5.84 Å². The van der Waals surface area contributed by atoms with Gasteiger partial charge < -0.3 is 5.43 Å². The second-order valence-electron chi connectivity index (χ2n) is 3.70. The molecule has 0 unspecified atom stereocenters. The van der Waals surface area contributed by atoms with Gasteiger partial charge in [0.05, 0.1) is 0 Å². The Morgan fingerprint density at radius 2 is 2.25 bits per heavy atom. The fourth-order valence-electron chi connectivity index (χ4n) is 1.79. The molecular formula is C12H14FN3. The number of benzene rings is 1. The van der Waals surface area contributed by atoms with Crippen molar-refractivity contribution in [2.45, 2.75) is 19.8 Å². The largest absolute Gasteiger partial charge is 0.308 e. The molecule has 1 heterocycles. The number of hydrogen-bond donors (Lipinski definition) is 2. The summed E-state index contributed by atoms with van der Waals surface area (Å²) in [5, 5.41) is 0.808. The van der Waals surface area contributed by atoms with Gasteiger partial charge >= 0.3 is 0 Å². The van der Waals surface area contributed by atoms with Crippen molar-refractivity contribution in [1.82, 2.24) is 4.98 Å². The summed E-state index contributed by atoms with van der Waals surface area (Å²) in [6.07, 6.45) is 1.87. The maximum absolute atomic E-state index is 13.5. The van der Waals surface area contributed by atoms with E-state index in [0.29, 0.717) is 11.3 Å². The quantitative estimate of drug-likeness (QED) is 0.616. The molecule has 0 spiro atoms. The second-order valence-corrected chi connectivity index (χ2v) is 3.70. The summed E-state index contributed by atoms with van der Waals surface area (Å²) in [5.74, 6) is 5.62. The number of rotatable bonds is 3. The van der Waals surface area contributed by atoms with Crippen LogP contribution in [0.4, 0.5) is 10.2 Å². The Balaban J connectivity index is 2.65. The van der Waals surface area contributed by atoms with Crippen molar-refractivity contribution in [3.63, 3.8) is 0 Å². The maximum Gasteiger partial charge on any atom is 0.149 e. The normalized spacial score (nSPS) is 10.7. The Labute approximate surface area is 93.5 Å². The molecule has 0 aliphatic rings. The van der Waals surface area contributed by atoms with Crippen LogP contribution in [-0.2, 0) is 6.42 Å². The molecule has 0 saturated carbocycles. The molecule has 0 saturated heterocycles. The number of nitrogens with two attached hydrogens (primary N) is 1. The number of nitrogens with zero attached hydrogens (tertiary/aromatic N) is 1. The fourth-order valence-corrected chi connectivity index (χ4v) is 1.79. The molecule has 2 aromatic rings. The van der Waals surface area contributed by atoms with Gasteiger partial charge in [-0.25, -0.2) is 15.2 Å². The molecule has 2 rings (SSSR count). The van der Waals surface area contributed by atoms with E-state index in [4.69, 9.17) is 5.84 Å².